The molecule has 2 nitrogen and oxygen atoms in total. The van der Waals surface area contributed by atoms with Gasteiger partial charge in [-0.25, -0.2) is 0 Å². The average molecular weight is 164 g/mol. The number of carbonyl (C=O) groups excluding carboxylic acids is 1. The summed E-state index contributed by atoms with van der Waals surface area (Å²) in [6.45, 7) is 4.70. The lowest BCUT2D eigenvalue weighted by molar-refractivity contribution is -0.104. The van der Waals surface area contributed by atoms with E-state index in [2.05, 4.69) is 6.58 Å². The van der Waals surface area contributed by atoms with Crippen LogP contribution in [0.5, 0.6) is 0 Å². The van der Waals surface area contributed by atoms with Gasteiger partial charge in [-0.2, -0.15) is 0 Å². The molecule has 0 saturated heterocycles. The van der Waals surface area contributed by atoms with Crippen LogP contribution in [-0.4, -0.2) is 19.5 Å². The van der Waals surface area contributed by atoms with Gasteiger partial charge < -0.3 is 4.74 Å². The molecule has 0 bridgehead atoms. The molecule has 0 unspecified atom stereocenters. The fourth-order valence-electron chi connectivity index (χ4n) is 1.06. The van der Waals surface area contributed by atoms with Gasteiger partial charge in [0.1, 0.15) is 6.29 Å². The minimum Gasteiger partial charge on any atom is -0.373 e. The maximum Gasteiger partial charge on any atom is 0.146 e. The maximum absolute atomic E-state index is 10.3. The summed E-state index contributed by atoms with van der Waals surface area (Å²) in [4.78, 5) is 10.3. The topological polar surface area (TPSA) is 26.3 Å². The van der Waals surface area contributed by atoms with E-state index >= 15 is 0 Å². The molecule has 0 heterocycles. The number of allylic oxidation sites excluding steroid dienone is 3. The largest absolute Gasteiger partial charge is 0.373 e. The van der Waals surface area contributed by atoms with E-state index in [9.17, 15) is 4.79 Å². The molecule has 0 saturated carbocycles. The summed E-state index contributed by atoms with van der Waals surface area (Å²) < 4.78 is 5.22. The van der Waals surface area contributed by atoms with Crippen LogP contribution in [0.3, 0.4) is 0 Å². The van der Waals surface area contributed by atoms with Gasteiger partial charge in [-0.05, 0) is 17.6 Å². The Balaban J connectivity index is 2.22. The molecule has 12 heavy (non-hydrogen) atoms. The lowest BCUT2D eigenvalue weighted by atomic mass is 10.2. The first-order valence-corrected chi connectivity index (χ1v) is 3.89. The fraction of sp³-hybridized carbons (Fsp3) is 0.300. The van der Waals surface area contributed by atoms with E-state index in [1.807, 2.05) is 12.2 Å². The van der Waals surface area contributed by atoms with Crippen LogP contribution in [0.2, 0.25) is 0 Å². The normalized spacial score (nSPS) is 15.3. The second-order valence-corrected chi connectivity index (χ2v) is 2.66. The summed E-state index contributed by atoms with van der Waals surface area (Å²) >= 11 is 0. The number of hydrogen-bond donors (Lipinski definition) is 0. The number of ether oxygens (including phenoxy) is 1. The van der Waals surface area contributed by atoms with Crippen LogP contribution in [-0.2, 0) is 9.53 Å². The monoisotopic (exact) mass is 164 g/mol. The van der Waals surface area contributed by atoms with Gasteiger partial charge in [-0.15, -0.1) is 6.58 Å². The van der Waals surface area contributed by atoms with Gasteiger partial charge in [0.2, 0.25) is 0 Å². The molecule has 0 radical (unpaired) electrons. The summed E-state index contributed by atoms with van der Waals surface area (Å²) in [7, 11) is 0. The van der Waals surface area contributed by atoms with E-state index in [-0.39, 0.29) is 0 Å². The van der Waals surface area contributed by atoms with Crippen molar-refractivity contribution in [2.75, 3.05) is 13.2 Å². The van der Waals surface area contributed by atoms with Gasteiger partial charge in [0.25, 0.3) is 0 Å². The van der Waals surface area contributed by atoms with Crippen LogP contribution in [0.15, 0.2) is 36.0 Å². The second-order valence-electron chi connectivity index (χ2n) is 2.66. The minimum absolute atomic E-state index is 0.563. The van der Waals surface area contributed by atoms with Crippen molar-refractivity contribution >= 4 is 6.29 Å². The number of rotatable bonds is 5. The van der Waals surface area contributed by atoms with Crippen LogP contribution < -0.4 is 0 Å². The molecule has 0 aromatic heterocycles. The molecule has 0 aliphatic heterocycles. The molecule has 1 aliphatic rings. The van der Waals surface area contributed by atoms with Gasteiger partial charge in [0, 0.05) is 0 Å². The van der Waals surface area contributed by atoms with Crippen molar-refractivity contribution in [1.82, 2.24) is 0 Å². The Morgan fingerprint density at radius 1 is 1.58 bits per heavy atom. The van der Waals surface area contributed by atoms with Crippen LogP contribution in [0.1, 0.15) is 6.42 Å². The van der Waals surface area contributed by atoms with E-state index in [0.29, 0.717) is 13.2 Å². The van der Waals surface area contributed by atoms with Crippen LogP contribution >= 0.6 is 0 Å². The van der Waals surface area contributed by atoms with E-state index in [1.54, 1.807) is 6.08 Å². The Labute approximate surface area is 72.2 Å². The first kappa shape index (κ1) is 8.94. The van der Waals surface area contributed by atoms with Crippen molar-refractivity contribution in [1.29, 1.82) is 0 Å². The summed E-state index contributed by atoms with van der Waals surface area (Å²) in [5.74, 6) is 0. The Kier molecular flexibility index (Phi) is 3.48. The van der Waals surface area contributed by atoms with Crippen molar-refractivity contribution in [3.05, 3.63) is 36.0 Å². The first-order valence-electron chi connectivity index (χ1n) is 3.89. The molecule has 0 amide bonds. The summed E-state index contributed by atoms with van der Waals surface area (Å²) in [5, 5.41) is 0. The Morgan fingerprint density at radius 2 is 2.42 bits per heavy atom. The van der Waals surface area contributed by atoms with Gasteiger partial charge >= 0.3 is 0 Å². The molecule has 0 spiro atoms. The summed E-state index contributed by atoms with van der Waals surface area (Å²) in [5.41, 5.74) is 1.98. The molecule has 64 valence electrons. The zero-order valence-corrected chi connectivity index (χ0v) is 6.95. The highest BCUT2D eigenvalue weighted by atomic mass is 16.5. The van der Waals surface area contributed by atoms with E-state index in [4.69, 9.17) is 4.74 Å². The third-order valence-corrected chi connectivity index (χ3v) is 1.64. The van der Waals surface area contributed by atoms with E-state index in [0.717, 1.165) is 23.9 Å². The zero-order chi connectivity index (χ0) is 8.81. The predicted octanol–water partition coefficient (Wildman–Crippen LogP) is 1.64. The SMILES string of the molecule is C=CCOCC1=CC=C(C=O)C1. The molecular weight excluding hydrogens is 152 g/mol. The molecule has 0 aromatic carbocycles. The Bertz CT molecular complexity index is 236. The lowest BCUT2D eigenvalue weighted by Crippen LogP contribution is -1.97. The van der Waals surface area contributed by atoms with Crippen LogP contribution in [0.4, 0.5) is 0 Å². The third kappa shape index (κ3) is 2.47. The van der Waals surface area contributed by atoms with Gasteiger partial charge in [-0.3, -0.25) is 4.79 Å². The summed E-state index contributed by atoms with van der Waals surface area (Å²) in [6.07, 6.45) is 7.10. The smallest absolute Gasteiger partial charge is 0.146 e. The predicted molar refractivity (Wildman–Crippen MR) is 47.9 cm³/mol. The fourth-order valence-corrected chi connectivity index (χ4v) is 1.06. The molecule has 0 N–H and O–H groups in total. The van der Waals surface area contributed by atoms with Gasteiger partial charge in [-0.1, -0.05) is 18.2 Å². The van der Waals surface area contributed by atoms with E-state index in [1.165, 1.54) is 0 Å². The molecule has 0 fully saturated rings. The Morgan fingerprint density at radius 3 is 3.00 bits per heavy atom. The minimum atomic E-state index is 0.563. The van der Waals surface area contributed by atoms with Crippen molar-refractivity contribution in [2.24, 2.45) is 0 Å². The highest BCUT2D eigenvalue weighted by Gasteiger charge is 2.06. The Hall–Kier alpha value is -1.15. The third-order valence-electron chi connectivity index (χ3n) is 1.64. The van der Waals surface area contributed by atoms with Crippen molar-refractivity contribution in [3.63, 3.8) is 0 Å². The van der Waals surface area contributed by atoms with Crippen LogP contribution in [0.25, 0.3) is 0 Å². The lowest BCUT2D eigenvalue weighted by Gasteiger charge is -2.01. The molecule has 0 atom stereocenters. The average Bonchev–Trinajstić information content (AvgIpc) is 2.53. The van der Waals surface area contributed by atoms with Crippen molar-refractivity contribution in [2.45, 2.75) is 6.42 Å². The van der Waals surface area contributed by atoms with Gasteiger partial charge in [0.15, 0.2) is 0 Å². The standard InChI is InChI=1S/C10H12O2/c1-2-5-12-8-10-4-3-9(6-10)7-11/h2-4,7H,1,5-6,8H2. The molecule has 1 aliphatic carbocycles. The highest BCUT2D eigenvalue weighted by molar-refractivity contribution is 5.76. The molecule has 0 aromatic rings. The second kappa shape index (κ2) is 4.67. The molecular formula is C10H12O2. The molecule has 2 heteroatoms. The summed E-state index contributed by atoms with van der Waals surface area (Å²) in [6, 6.07) is 0. The quantitative estimate of drug-likeness (QED) is 0.351. The zero-order valence-electron chi connectivity index (χ0n) is 6.95. The van der Waals surface area contributed by atoms with Crippen molar-refractivity contribution < 1.29 is 9.53 Å². The number of hydrogen-bond acceptors (Lipinski definition) is 2. The van der Waals surface area contributed by atoms with Crippen molar-refractivity contribution in [3.8, 4) is 0 Å². The highest BCUT2D eigenvalue weighted by Crippen LogP contribution is 2.16. The maximum atomic E-state index is 10.3. The van der Waals surface area contributed by atoms with E-state index < -0.39 is 0 Å². The van der Waals surface area contributed by atoms with Crippen LogP contribution in [0, 0.1) is 0 Å². The van der Waals surface area contributed by atoms with Gasteiger partial charge in [0.05, 0.1) is 13.2 Å². The number of aldehydes is 1. The number of carbonyl (C=O) groups is 1. The molecule has 1 rings (SSSR count). The first-order chi connectivity index (χ1) is 5.86.